The van der Waals surface area contributed by atoms with Crippen molar-refractivity contribution in [3.8, 4) is 0 Å². The zero-order valence-electron chi connectivity index (χ0n) is 11.7. The summed E-state index contributed by atoms with van der Waals surface area (Å²) in [6.45, 7) is 1.82. The van der Waals surface area contributed by atoms with Gasteiger partial charge in [-0.05, 0) is 18.4 Å². The molecule has 0 saturated heterocycles. The summed E-state index contributed by atoms with van der Waals surface area (Å²) in [5, 5.41) is 3.18. The van der Waals surface area contributed by atoms with Crippen LogP contribution in [0.2, 0.25) is 0 Å². The molecule has 0 aromatic heterocycles. The van der Waals surface area contributed by atoms with Gasteiger partial charge >= 0.3 is 0 Å². The molecule has 0 heterocycles. The maximum absolute atomic E-state index is 12.6. The molecule has 3 heteroatoms. The van der Waals surface area contributed by atoms with Crippen molar-refractivity contribution in [3.63, 3.8) is 0 Å². The number of Topliss-reactive ketones (excluding diaryl/α,β-unsaturated/α-hetero) is 1. The monoisotopic (exact) mass is 261 g/mol. The highest BCUT2D eigenvalue weighted by atomic mass is 16.5. The van der Waals surface area contributed by atoms with Crippen LogP contribution in [0.5, 0.6) is 0 Å². The topological polar surface area (TPSA) is 38.3 Å². The van der Waals surface area contributed by atoms with Crippen LogP contribution in [0.25, 0.3) is 0 Å². The van der Waals surface area contributed by atoms with Gasteiger partial charge in [-0.25, -0.2) is 0 Å². The van der Waals surface area contributed by atoms with Crippen molar-refractivity contribution < 1.29 is 9.53 Å². The molecule has 1 aliphatic carbocycles. The van der Waals surface area contributed by atoms with Crippen molar-refractivity contribution in [2.24, 2.45) is 0 Å². The largest absolute Gasteiger partial charge is 0.383 e. The minimum atomic E-state index is -0.249. The lowest BCUT2D eigenvalue weighted by molar-refractivity contribution is -0.123. The van der Waals surface area contributed by atoms with E-state index in [2.05, 4.69) is 17.4 Å². The van der Waals surface area contributed by atoms with Gasteiger partial charge in [0.1, 0.15) is 0 Å². The fraction of sp³-hybridized carbons (Fsp3) is 0.562. The highest BCUT2D eigenvalue weighted by Gasteiger charge is 2.41. The van der Waals surface area contributed by atoms with Gasteiger partial charge < -0.3 is 10.1 Å². The average Bonchev–Trinajstić information content (AvgIpc) is 2.95. The molecule has 0 spiro atoms. The van der Waals surface area contributed by atoms with E-state index in [1.165, 1.54) is 5.56 Å². The normalized spacial score (nSPS) is 17.5. The molecule has 1 N–H and O–H groups in total. The maximum Gasteiger partial charge on any atom is 0.157 e. The van der Waals surface area contributed by atoms with Crippen LogP contribution in [0.15, 0.2) is 30.3 Å². The molecule has 0 amide bonds. The molecule has 0 atom stereocenters. The highest BCUT2D eigenvalue weighted by Crippen LogP contribution is 2.41. The van der Waals surface area contributed by atoms with Crippen molar-refractivity contribution in [1.82, 2.24) is 5.32 Å². The van der Waals surface area contributed by atoms with Crippen LogP contribution < -0.4 is 5.32 Å². The van der Waals surface area contributed by atoms with Crippen molar-refractivity contribution in [2.45, 2.75) is 31.1 Å². The van der Waals surface area contributed by atoms with Crippen LogP contribution in [0.1, 0.15) is 31.2 Å². The summed E-state index contributed by atoms with van der Waals surface area (Å²) in [6.07, 6.45) is 4.28. The minimum Gasteiger partial charge on any atom is -0.383 e. The summed E-state index contributed by atoms with van der Waals surface area (Å²) in [4.78, 5) is 12.6. The number of rotatable bonds is 7. The zero-order valence-corrected chi connectivity index (χ0v) is 11.7. The molecule has 1 aromatic carbocycles. The number of hydrogen-bond acceptors (Lipinski definition) is 3. The Morgan fingerprint density at radius 1 is 1.26 bits per heavy atom. The summed E-state index contributed by atoms with van der Waals surface area (Å²) in [5.41, 5.74) is 0.937. The van der Waals surface area contributed by atoms with Crippen molar-refractivity contribution in [3.05, 3.63) is 35.9 Å². The SMILES string of the molecule is COCCNCC(=O)C1(c2ccccc2)CCCC1. The molecular formula is C16H23NO2. The minimum absolute atomic E-state index is 0.249. The predicted molar refractivity (Wildman–Crippen MR) is 76.3 cm³/mol. The predicted octanol–water partition coefficient (Wildman–Crippen LogP) is 2.30. The third kappa shape index (κ3) is 3.23. The number of carbonyl (C=O) groups excluding carboxylic acids is 1. The van der Waals surface area contributed by atoms with Gasteiger partial charge in [0.25, 0.3) is 0 Å². The number of methoxy groups -OCH3 is 1. The van der Waals surface area contributed by atoms with Crippen LogP contribution in [-0.4, -0.2) is 32.6 Å². The Labute approximate surface area is 115 Å². The quantitative estimate of drug-likeness (QED) is 0.765. The van der Waals surface area contributed by atoms with E-state index in [-0.39, 0.29) is 5.41 Å². The molecule has 19 heavy (non-hydrogen) atoms. The molecule has 104 valence electrons. The Kier molecular flexibility index (Phi) is 5.11. The van der Waals surface area contributed by atoms with Crippen LogP contribution >= 0.6 is 0 Å². The Hall–Kier alpha value is -1.19. The van der Waals surface area contributed by atoms with Gasteiger partial charge in [0, 0.05) is 13.7 Å². The van der Waals surface area contributed by atoms with Crippen molar-refractivity contribution in [2.75, 3.05) is 26.8 Å². The van der Waals surface area contributed by atoms with E-state index in [0.29, 0.717) is 18.9 Å². The summed E-state index contributed by atoms with van der Waals surface area (Å²) in [7, 11) is 1.67. The summed E-state index contributed by atoms with van der Waals surface area (Å²) in [6, 6.07) is 10.3. The van der Waals surface area contributed by atoms with E-state index < -0.39 is 0 Å². The first-order valence-electron chi connectivity index (χ1n) is 7.08. The smallest absolute Gasteiger partial charge is 0.157 e. The Morgan fingerprint density at radius 2 is 1.95 bits per heavy atom. The molecule has 0 bridgehead atoms. The highest BCUT2D eigenvalue weighted by molar-refractivity contribution is 5.92. The van der Waals surface area contributed by atoms with Gasteiger partial charge in [0.2, 0.25) is 0 Å². The maximum atomic E-state index is 12.6. The van der Waals surface area contributed by atoms with Gasteiger partial charge in [-0.1, -0.05) is 43.2 Å². The summed E-state index contributed by atoms with van der Waals surface area (Å²) < 4.78 is 4.99. The molecule has 3 nitrogen and oxygen atoms in total. The molecule has 0 aliphatic heterocycles. The van der Waals surface area contributed by atoms with E-state index in [9.17, 15) is 4.79 Å². The number of carbonyl (C=O) groups is 1. The number of ether oxygens (including phenoxy) is 1. The molecule has 0 radical (unpaired) electrons. The molecule has 1 aromatic rings. The third-order valence-electron chi connectivity index (χ3n) is 4.09. The molecule has 0 unspecified atom stereocenters. The molecule has 2 rings (SSSR count). The summed E-state index contributed by atoms with van der Waals surface area (Å²) >= 11 is 0. The first kappa shape index (κ1) is 14.2. The number of nitrogens with one attached hydrogen (secondary N) is 1. The first-order valence-corrected chi connectivity index (χ1v) is 7.08. The lowest BCUT2D eigenvalue weighted by Crippen LogP contribution is -2.40. The molecule has 1 saturated carbocycles. The summed E-state index contributed by atoms with van der Waals surface area (Å²) in [5.74, 6) is 0.326. The number of hydrogen-bond donors (Lipinski definition) is 1. The Morgan fingerprint density at radius 3 is 2.58 bits per heavy atom. The zero-order chi connectivity index (χ0) is 13.6. The van der Waals surface area contributed by atoms with Crippen molar-refractivity contribution in [1.29, 1.82) is 0 Å². The van der Waals surface area contributed by atoms with Gasteiger partial charge in [-0.15, -0.1) is 0 Å². The second-order valence-corrected chi connectivity index (χ2v) is 5.25. The van der Waals surface area contributed by atoms with E-state index in [1.54, 1.807) is 7.11 Å². The van der Waals surface area contributed by atoms with E-state index in [4.69, 9.17) is 4.74 Å². The Balaban J connectivity index is 2.05. The van der Waals surface area contributed by atoms with E-state index in [1.807, 2.05) is 18.2 Å². The second-order valence-electron chi connectivity index (χ2n) is 5.25. The Bertz CT molecular complexity index is 396. The number of ketones is 1. The van der Waals surface area contributed by atoms with E-state index >= 15 is 0 Å². The fourth-order valence-electron chi connectivity index (χ4n) is 3.01. The van der Waals surface area contributed by atoms with Gasteiger partial charge in [-0.3, -0.25) is 4.79 Å². The lowest BCUT2D eigenvalue weighted by Gasteiger charge is -2.28. The van der Waals surface area contributed by atoms with Crippen LogP contribution in [0, 0.1) is 0 Å². The van der Waals surface area contributed by atoms with Gasteiger partial charge in [0.05, 0.1) is 18.6 Å². The standard InChI is InChI=1S/C16H23NO2/c1-19-12-11-17-13-15(18)16(9-5-6-10-16)14-7-3-2-4-8-14/h2-4,7-8,17H,5-6,9-13H2,1H3. The van der Waals surface area contributed by atoms with Crippen LogP contribution in [0.3, 0.4) is 0 Å². The third-order valence-corrected chi connectivity index (χ3v) is 4.09. The van der Waals surface area contributed by atoms with Crippen molar-refractivity contribution >= 4 is 5.78 Å². The average molecular weight is 261 g/mol. The lowest BCUT2D eigenvalue weighted by atomic mass is 9.75. The van der Waals surface area contributed by atoms with Crippen LogP contribution in [0.4, 0.5) is 0 Å². The molecule has 1 aliphatic rings. The van der Waals surface area contributed by atoms with Gasteiger partial charge in [-0.2, -0.15) is 0 Å². The second kappa shape index (κ2) is 6.83. The van der Waals surface area contributed by atoms with E-state index in [0.717, 1.165) is 32.2 Å². The molecular weight excluding hydrogens is 238 g/mol. The number of benzene rings is 1. The molecule has 1 fully saturated rings. The fourth-order valence-corrected chi connectivity index (χ4v) is 3.01. The van der Waals surface area contributed by atoms with Crippen LogP contribution in [-0.2, 0) is 14.9 Å². The first-order chi connectivity index (χ1) is 9.29. The van der Waals surface area contributed by atoms with Gasteiger partial charge in [0.15, 0.2) is 5.78 Å².